The minimum absolute atomic E-state index is 0.134. The number of nitrogens with zero attached hydrogens (tertiary/aromatic N) is 1. The molecule has 76 valence electrons. The van der Waals surface area contributed by atoms with E-state index in [1.165, 1.54) is 6.07 Å². The van der Waals surface area contributed by atoms with Gasteiger partial charge < -0.3 is 9.84 Å². The van der Waals surface area contributed by atoms with Gasteiger partial charge >= 0.3 is 11.9 Å². The highest BCUT2D eigenvalue weighted by atomic mass is 32.1. The SMILES string of the molecule is CC(C)OC(=O)c1cc(C(=O)O)ns1. The van der Waals surface area contributed by atoms with E-state index in [1.807, 2.05) is 0 Å². The summed E-state index contributed by atoms with van der Waals surface area (Å²) >= 11 is 0.823. The van der Waals surface area contributed by atoms with Gasteiger partial charge in [-0.1, -0.05) is 0 Å². The number of hydrogen-bond donors (Lipinski definition) is 1. The fraction of sp³-hybridized carbons (Fsp3) is 0.375. The van der Waals surface area contributed by atoms with E-state index in [2.05, 4.69) is 4.37 Å². The number of aromatic nitrogens is 1. The zero-order valence-corrected chi connectivity index (χ0v) is 8.50. The van der Waals surface area contributed by atoms with E-state index >= 15 is 0 Å². The summed E-state index contributed by atoms with van der Waals surface area (Å²) in [5.41, 5.74) is -0.134. The zero-order chi connectivity index (χ0) is 10.7. The molecule has 5 nitrogen and oxygen atoms in total. The highest BCUT2D eigenvalue weighted by Crippen LogP contribution is 2.12. The topological polar surface area (TPSA) is 76.5 Å². The number of carboxylic acids is 1. The Balaban J connectivity index is 2.76. The van der Waals surface area contributed by atoms with Gasteiger partial charge in [0.15, 0.2) is 5.69 Å². The third-order valence-corrected chi connectivity index (χ3v) is 2.04. The molecule has 0 aliphatic rings. The molecule has 1 aromatic heterocycles. The Bertz CT molecular complexity index is 358. The summed E-state index contributed by atoms with van der Waals surface area (Å²) in [4.78, 5) is 21.9. The predicted octanol–water partition coefficient (Wildman–Crippen LogP) is 1.41. The highest BCUT2D eigenvalue weighted by molar-refractivity contribution is 7.08. The van der Waals surface area contributed by atoms with E-state index in [-0.39, 0.29) is 16.7 Å². The monoisotopic (exact) mass is 215 g/mol. The van der Waals surface area contributed by atoms with Crippen LogP contribution in [0.15, 0.2) is 6.07 Å². The van der Waals surface area contributed by atoms with Gasteiger partial charge in [0.25, 0.3) is 0 Å². The number of carbonyl (C=O) groups excluding carboxylic acids is 1. The summed E-state index contributed by atoms with van der Waals surface area (Å²) in [6.45, 7) is 3.44. The fourth-order valence-electron chi connectivity index (χ4n) is 0.744. The predicted molar refractivity (Wildman–Crippen MR) is 49.6 cm³/mol. The van der Waals surface area contributed by atoms with Crippen LogP contribution in [-0.2, 0) is 4.74 Å². The molecule has 0 aliphatic heterocycles. The van der Waals surface area contributed by atoms with Gasteiger partial charge in [0.2, 0.25) is 0 Å². The third kappa shape index (κ3) is 2.53. The Kier molecular flexibility index (Phi) is 3.19. The molecule has 0 aliphatic carbocycles. The van der Waals surface area contributed by atoms with E-state index in [9.17, 15) is 9.59 Å². The van der Waals surface area contributed by atoms with Gasteiger partial charge in [-0.05, 0) is 31.4 Å². The molecule has 0 spiro atoms. The summed E-state index contributed by atoms with van der Waals surface area (Å²) in [5.74, 6) is -1.69. The minimum Gasteiger partial charge on any atom is -0.476 e. The molecule has 0 atom stereocenters. The number of carbonyl (C=O) groups is 2. The minimum atomic E-state index is -1.15. The van der Waals surface area contributed by atoms with Crippen molar-refractivity contribution in [3.63, 3.8) is 0 Å². The van der Waals surface area contributed by atoms with Gasteiger partial charge in [-0.25, -0.2) is 9.59 Å². The largest absolute Gasteiger partial charge is 0.476 e. The smallest absolute Gasteiger partial charge is 0.355 e. The highest BCUT2D eigenvalue weighted by Gasteiger charge is 2.16. The molecule has 0 unspecified atom stereocenters. The van der Waals surface area contributed by atoms with Gasteiger partial charge in [0.05, 0.1) is 6.10 Å². The molecule has 1 rings (SSSR count). The zero-order valence-electron chi connectivity index (χ0n) is 7.68. The lowest BCUT2D eigenvalue weighted by molar-refractivity contribution is 0.0384. The first kappa shape index (κ1) is 10.6. The normalized spacial score (nSPS) is 10.2. The standard InChI is InChI=1S/C8H9NO4S/c1-4(2)13-8(12)6-3-5(7(10)11)9-14-6/h3-4H,1-2H3,(H,10,11). The lowest BCUT2D eigenvalue weighted by Gasteiger charge is -2.04. The van der Waals surface area contributed by atoms with Crippen molar-refractivity contribution in [1.29, 1.82) is 0 Å². The second kappa shape index (κ2) is 4.19. The summed E-state index contributed by atoms with van der Waals surface area (Å²) in [6.07, 6.45) is -0.224. The molecule has 1 N–H and O–H groups in total. The van der Waals surface area contributed by atoms with Crippen molar-refractivity contribution in [3.8, 4) is 0 Å². The maximum absolute atomic E-state index is 11.2. The van der Waals surface area contributed by atoms with Crippen molar-refractivity contribution < 1.29 is 19.4 Å². The average Bonchev–Trinajstić information content (AvgIpc) is 2.50. The van der Waals surface area contributed by atoms with Crippen LogP contribution in [0.25, 0.3) is 0 Å². The van der Waals surface area contributed by atoms with Crippen molar-refractivity contribution in [2.45, 2.75) is 20.0 Å². The van der Waals surface area contributed by atoms with Crippen LogP contribution in [0.1, 0.15) is 34.0 Å². The lowest BCUT2D eigenvalue weighted by atomic mass is 10.4. The van der Waals surface area contributed by atoms with Crippen molar-refractivity contribution in [3.05, 3.63) is 16.6 Å². The molecule has 14 heavy (non-hydrogen) atoms. The van der Waals surface area contributed by atoms with Gasteiger partial charge in [-0.15, -0.1) is 0 Å². The molecule has 0 saturated carbocycles. The number of ether oxygens (including phenoxy) is 1. The van der Waals surface area contributed by atoms with E-state index in [0.717, 1.165) is 11.5 Å². The molecule has 0 bridgehead atoms. The first-order valence-electron chi connectivity index (χ1n) is 3.91. The number of rotatable bonds is 3. The Labute approximate surface area is 84.5 Å². The molecule has 1 aromatic rings. The van der Waals surface area contributed by atoms with Crippen LogP contribution < -0.4 is 0 Å². The summed E-state index contributed by atoms with van der Waals surface area (Å²) in [6, 6.07) is 1.21. The maximum atomic E-state index is 11.2. The molecular weight excluding hydrogens is 206 g/mol. The van der Waals surface area contributed by atoms with Crippen LogP contribution in [0.3, 0.4) is 0 Å². The van der Waals surface area contributed by atoms with E-state index in [4.69, 9.17) is 9.84 Å². The molecule has 0 fully saturated rings. The number of hydrogen-bond acceptors (Lipinski definition) is 5. The average molecular weight is 215 g/mol. The fourth-order valence-corrected chi connectivity index (χ4v) is 1.36. The maximum Gasteiger partial charge on any atom is 0.355 e. The van der Waals surface area contributed by atoms with Crippen LogP contribution in [0.4, 0.5) is 0 Å². The lowest BCUT2D eigenvalue weighted by Crippen LogP contribution is -2.10. The summed E-state index contributed by atoms with van der Waals surface area (Å²) < 4.78 is 8.45. The molecule has 6 heteroatoms. The molecular formula is C8H9NO4S. The van der Waals surface area contributed by atoms with Crippen LogP contribution in [0, 0.1) is 0 Å². The number of aromatic carboxylic acids is 1. The van der Waals surface area contributed by atoms with Crippen molar-refractivity contribution in [1.82, 2.24) is 4.37 Å². The van der Waals surface area contributed by atoms with Gasteiger partial charge in [-0.2, -0.15) is 4.37 Å². The van der Waals surface area contributed by atoms with Crippen LogP contribution in [0.5, 0.6) is 0 Å². The molecule has 0 aromatic carbocycles. The first-order valence-corrected chi connectivity index (χ1v) is 4.69. The summed E-state index contributed by atoms with van der Waals surface area (Å²) in [7, 11) is 0. The Hall–Kier alpha value is -1.43. The van der Waals surface area contributed by atoms with Crippen LogP contribution in [0.2, 0.25) is 0 Å². The van der Waals surface area contributed by atoms with Crippen molar-refractivity contribution >= 4 is 23.5 Å². The van der Waals surface area contributed by atoms with Gasteiger partial charge in [0, 0.05) is 0 Å². The second-order valence-corrected chi connectivity index (χ2v) is 3.64. The molecule has 0 radical (unpaired) electrons. The van der Waals surface area contributed by atoms with E-state index in [1.54, 1.807) is 13.8 Å². The molecule has 0 amide bonds. The Morgan fingerprint density at radius 2 is 2.21 bits per heavy atom. The number of carboxylic acid groups (broad SMARTS) is 1. The van der Waals surface area contributed by atoms with E-state index in [0.29, 0.717) is 0 Å². The Morgan fingerprint density at radius 3 is 2.64 bits per heavy atom. The first-order chi connectivity index (χ1) is 6.50. The van der Waals surface area contributed by atoms with Crippen LogP contribution >= 0.6 is 11.5 Å². The van der Waals surface area contributed by atoms with Crippen molar-refractivity contribution in [2.24, 2.45) is 0 Å². The Morgan fingerprint density at radius 1 is 1.57 bits per heavy atom. The summed E-state index contributed by atoms with van der Waals surface area (Å²) in [5, 5.41) is 8.55. The third-order valence-electron chi connectivity index (χ3n) is 1.27. The van der Waals surface area contributed by atoms with Crippen molar-refractivity contribution in [2.75, 3.05) is 0 Å². The molecule has 1 heterocycles. The molecule has 0 saturated heterocycles. The van der Waals surface area contributed by atoms with Gasteiger partial charge in [0.1, 0.15) is 4.88 Å². The number of esters is 1. The van der Waals surface area contributed by atoms with Gasteiger partial charge in [-0.3, -0.25) is 0 Å². The quantitative estimate of drug-likeness (QED) is 0.771. The van der Waals surface area contributed by atoms with Crippen LogP contribution in [-0.4, -0.2) is 27.5 Å². The second-order valence-electron chi connectivity index (χ2n) is 2.84. The van der Waals surface area contributed by atoms with E-state index < -0.39 is 11.9 Å².